The summed E-state index contributed by atoms with van der Waals surface area (Å²) >= 11 is 5.18. The Morgan fingerprint density at radius 2 is 1.57 bits per heavy atom. The molecule has 0 atom stereocenters. The van der Waals surface area contributed by atoms with Gasteiger partial charge in [0, 0.05) is 0 Å². The molecule has 1 saturated carbocycles. The van der Waals surface area contributed by atoms with Crippen LogP contribution in [0, 0.1) is 0 Å². The van der Waals surface area contributed by atoms with Crippen molar-refractivity contribution >= 4 is 34.2 Å². The van der Waals surface area contributed by atoms with Crippen LogP contribution in [0.4, 0.5) is 0 Å². The zero-order chi connectivity index (χ0) is 10.6. The molecule has 0 N–H and O–H groups in total. The zero-order valence-electron chi connectivity index (χ0n) is 8.95. The predicted octanol–water partition coefficient (Wildman–Crippen LogP) is 3.77. The molecule has 1 aliphatic rings. The van der Waals surface area contributed by atoms with Crippen molar-refractivity contribution in [2.24, 2.45) is 0 Å². The Balaban J connectivity index is 0.000000241. The minimum Gasteiger partial charge on any atom is -0.789 e. The molecule has 0 nitrogen and oxygen atoms in total. The summed E-state index contributed by atoms with van der Waals surface area (Å²) in [7, 11) is 0. The second-order valence-corrected chi connectivity index (χ2v) is 7.45. The van der Waals surface area contributed by atoms with Crippen LogP contribution in [0.3, 0.4) is 0 Å². The van der Waals surface area contributed by atoms with Crippen molar-refractivity contribution in [2.75, 3.05) is 0 Å². The Kier molecular flexibility index (Phi) is 12.3. The average Bonchev–Trinajstić information content (AvgIpc) is 2.21. The second kappa shape index (κ2) is 11.7. The van der Waals surface area contributed by atoms with Crippen molar-refractivity contribution < 1.29 is 0 Å². The molecule has 0 saturated heterocycles. The number of hydrogen-bond donors (Lipinski definition) is 0. The molecule has 14 heavy (non-hydrogen) atoms. The Morgan fingerprint density at radius 3 is 1.86 bits per heavy atom. The van der Waals surface area contributed by atoms with E-state index in [1.165, 1.54) is 40.8 Å². The minimum absolute atomic E-state index is 0.0931. The summed E-state index contributed by atoms with van der Waals surface area (Å²) in [6.45, 7) is 7.27. The van der Waals surface area contributed by atoms with Crippen LogP contribution in [0.1, 0.15) is 32.1 Å². The first kappa shape index (κ1) is 14.6. The third-order valence-corrected chi connectivity index (χ3v) is 5.49. The van der Waals surface area contributed by atoms with Crippen LogP contribution < -0.4 is 0 Å². The summed E-state index contributed by atoms with van der Waals surface area (Å²) in [6, 6.07) is 0. The molecule has 0 aromatic carbocycles. The van der Waals surface area contributed by atoms with Gasteiger partial charge in [0.25, 0.3) is 0 Å². The number of allylic oxidation sites excluding steroid dienone is 2. The topological polar surface area (TPSA) is 0 Å². The van der Waals surface area contributed by atoms with E-state index in [9.17, 15) is 0 Å². The van der Waals surface area contributed by atoms with Crippen LogP contribution in [0.25, 0.3) is 0 Å². The normalized spacial score (nSPS) is 16.6. The van der Waals surface area contributed by atoms with Gasteiger partial charge in [0.05, 0.1) is 0 Å². The van der Waals surface area contributed by atoms with Gasteiger partial charge in [-0.25, -0.2) is 0 Å². The summed E-state index contributed by atoms with van der Waals surface area (Å²) in [4.78, 5) is 0. The SMILES string of the molecule is C=C[CH2][Sb+][CH2]C=C.[S-]C1CCCCC1. The molecular weight excluding hydrogens is 298 g/mol. The quantitative estimate of drug-likeness (QED) is 0.329. The molecule has 0 aromatic rings. The fourth-order valence-electron chi connectivity index (χ4n) is 1.32. The summed E-state index contributed by atoms with van der Waals surface area (Å²) in [5.74, 6) is 0. The number of rotatable bonds is 4. The smallest absolute Gasteiger partial charge is 0.0534 e. The molecule has 2 heteroatoms. The van der Waals surface area contributed by atoms with Crippen LogP contribution >= 0.6 is 0 Å². The van der Waals surface area contributed by atoms with E-state index in [4.69, 9.17) is 12.6 Å². The van der Waals surface area contributed by atoms with Gasteiger partial charge in [0.1, 0.15) is 0 Å². The molecule has 0 unspecified atom stereocenters. The van der Waals surface area contributed by atoms with E-state index < -0.39 is 0 Å². The standard InChI is InChI=1S/C6H12S.2C3H5.Sb/c7-6-4-2-1-3-5-6;2*1-3-2;/h6-7H,1-5H2;2*3H,1-2H2;/q;;;+1/p-1. The van der Waals surface area contributed by atoms with E-state index in [-0.39, 0.29) is 21.6 Å². The van der Waals surface area contributed by atoms with Crippen molar-refractivity contribution in [3.8, 4) is 0 Å². The van der Waals surface area contributed by atoms with Gasteiger partial charge < -0.3 is 12.6 Å². The van der Waals surface area contributed by atoms with Crippen molar-refractivity contribution in [1.29, 1.82) is 0 Å². The third-order valence-electron chi connectivity index (χ3n) is 2.07. The molecular formula is C12H21SSb. The molecule has 2 radical (unpaired) electrons. The van der Waals surface area contributed by atoms with Gasteiger partial charge in [-0.2, -0.15) is 5.25 Å². The predicted molar refractivity (Wildman–Crippen MR) is 70.0 cm³/mol. The summed E-state index contributed by atoms with van der Waals surface area (Å²) < 4.78 is 2.53. The fourth-order valence-corrected chi connectivity index (χ4v) is 3.12. The van der Waals surface area contributed by atoms with E-state index in [1.807, 2.05) is 12.2 Å². The maximum absolute atomic E-state index is 5.09. The first-order valence-electron chi connectivity index (χ1n) is 5.32. The van der Waals surface area contributed by atoms with Crippen LogP contribution in [0.5, 0.6) is 0 Å². The Labute approximate surface area is 105 Å². The zero-order valence-corrected chi connectivity index (χ0v) is 12.3. The van der Waals surface area contributed by atoms with Crippen molar-refractivity contribution in [3.05, 3.63) is 25.3 Å². The van der Waals surface area contributed by atoms with Gasteiger partial charge >= 0.3 is 55.7 Å². The second-order valence-electron chi connectivity index (χ2n) is 3.43. The van der Waals surface area contributed by atoms with Gasteiger partial charge in [-0.1, -0.05) is 32.1 Å². The molecule has 1 aliphatic carbocycles. The molecule has 0 aliphatic heterocycles. The van der Waals surface area contributed by atoms with E-state index in [0.29, 0.717) is 5.25 Å². The molecule has 0 aromatic heterocycles. The molecule has 0 spiro atoms. The monoisotopic (exact) mass is 318 g/mol. The molecule has 1 rings (SSSR count). The Bertz CT molecular complexity index is 131. The minimum atomic E-state index is 0.0931. The fraction of sp³-hybridized carbons (Fsp3) is 0.667. The molecule has 1 fully saturated rings. The van der Waals surface area contributed by atoms with Crippen molar-refractivity contribution in [3.63, 3.8) is 0 Å². The van der Waals surface area contributed by atoms with Gasteiger partial charge in [0.15, 0.2) is 0 Å². The van der Waals surface area contributed by atoms with Gasteiger partial charge in [-0.3, -0.25) is 0 Å². The summed E-state index contributed by atoms with van der Waals surface area (Å²) in [6.07, 6.45) is 10.8. The van der Waals surface area contributed by atoms with E-state index in [0.717, 1.165) is 0 Å². The summed E-state index contributed by atoms with van der Waals surface area (Å²) in [5.41, 5.74) is 0. The Hall–Kier alpha value is 0.648. The van der Waals surface area contributed by atoms with Crippen LogP contribution in [0.2, 0.25) is 8.73 Å². The largest absolute Gasteiger partial charge is 0.789 e. The molecule has 0 heterocycles. The van der Waals surface area contributed by atoms with E-state index >= 15 is 0 Å². The first-order chi connectivity index (χ1) is 6.81. The summed E-state index contributed by atoms with van der Waals surface area (Å²) in [5, 5.41) is 0.619. The van der Waals surface area contributed by atoms with E-state index in [2.05, 4.69) is 13.2 Å². The van der Waals surface area contributed by atoms with Crippen LogP contribution in [-0.4, -0.2) is 26.9 Å². The molecule has 80 valence electrons. The first-order valence-corrected chi connectivity index (χ1v) is 9.40. The maximum Gasteiger partial charge on any atom is -0.0534 e. The average molecular weight is 319 g/mol. The van der Waals surface area contributed by atoms with Crippen molar-refractivity contribution in [1.82, 2.24) is 0 Å². The molecule has 0 amide bonds. The van der Waals surface area contributed by atoms with Crippen LogP contribution in [0.15, 0.2) is 25.3 Å². The van der Waals surface area contributed by atoms with Gasteiger partial charge in [-0.15, -0.1) is 0 Å². The third kappa shape index (κ3) is 10.7. The van der Waals surface area contributed by atoms with Gasteiger partial charge in [0.2, 0.25) is 0 Å². The molecule has 0 bridgehead atoms. The van der Waals surface area contributed by atoms with Gasteiger partial charge in [-0.05, 0) is 0 Å². The van der Waals surface area contributed by atoms with Crippen LogP contribution in [-0.2, 0) is 12.6 Å². The van der Waals surface area contributed by atoms with Crippen molar-refractivity contribution in [2.45, 2.75) is 46.1 Å². The maximum atomic E-state index is 5.09. The van der Waals surface area contributed by atoms with E-state index in [1.54, 1.807) is 0 Å². The Morgan fingerprint density at radius 1 is 1.07 bits per heavy atom. The number of hydrogen-bond acceptors (Lipinski definition) is 1.